The molecule has 1 spiro atoms. The minimum Gasteiger partial charge on any atom is -0.484 e. The molecule has 1 atom stereocenters. The SMILES string of the molecule is O=C(COc1ccc(Cl)c(Cl)c1)N1CC[C@]2(CCCNC2=O)C1. The zero-order valence-electron chi connectivity index (χ0n) is 12.6. The van der Waals surface area contributed by atoms with Gasteiger partial charge < -0.3 is 15.0 Å². The maximum atomic E-state index is 12.3. The van der Waals surface area contributed by atoms with E-state index in [0.717, 1.165) is 25.8 Å². The number of halogens is 2. The summed E-state index contributed by atoms with van der Waals surface area (Å²) in [5.41, 5.74) is -0.405. The summed E-state index contributed by atoms with van der Waals surface area (Å²) in [6.07, 6.45) is 2.53. The lowest BCUT2D eigenvalue weighted by Crippen LogP contribution is -2.48. The smallest absolute Gasteiger partial charge is 0.260 e. The summed E-state index contributed by atoms with van der Waals surface area (Å²) in [6.45, 7) is 1.73. The van der Waals surface area contributed by atoms with Gasteiger partial charge in [0.25, 0.3) is 5.91 Å². The van der Waals surface area contributed by atoms with Gasteiger partial charge in [-0.3, -0.25) is 9.59 Å². The van der Waals surface area contributed by atoms with Crippen LogP contribution in [-0.4, -0.2) is 43.0 Å². The van der Waals surface area contributed by atoms with Crippen molar-refractivity contribution in [1.29, 1.82) is 0 Å². The monoisotopic (exact) mass is 356 g/mol. The van der Waals surface area contributed by atoms with Crippen LogP contribution in [0.2, 0.25) is 10.0 Å². The van der Waals surface area contributed by atoms with Crippen LogP contribution in [0.25, 0.3) is 0 Å². The molecule has 7 heteroatoms. The highest BCUT2D eigenvalue weighted by Gasteiger charge is 2.46. The summed E-state index contributed by atoms with van der Waals surface area (Å²) >= 11 is 11.8. The first kappa shape index (κ1) is 16.4. The third-order valence-corrected chi connectivity index (χ3v) is 5.30. The predicted octanol–water partition coefficient (Wildman–Crippen LogP) is 2.50. The number of ether oxygens (including phenoxy) is 1. The quantitative estimate of drug-likeness (QED) is 0.904. The second-order valence-corrected chi connectivity index (χ2v) is 6.88. The molecule has 0 saturated carbocycles. The Bertz CT molecular complexity index is 638. The highest BCUT2D eigenvalue weighted by Crippen LogP contribution is 2.37. The average Bonchev–Trinajstić information content (AvgIpc) is 2.97. The van der Waals surface area contributed by atoms with Crippen molar-refractivity contribution in [3.8, 4) is 5.75 Å². The maximum Gasteiger partial charge on any atom is 0.260 e. The minimum absolute atomic E-state index is 0.0736. The molecule has 2 heterocycles. The number of likely N-dealkylation sites (tertiary alicyclic amines) is 1. The number of benzene rings is 1. The maximum absolute atomic E-state index is 12.3. The van der Waals surface area contributed by atoms with E-state index in [1.54, 1.807) is 23.1 Å². The molecule has 0 aromatic heterocycles. The van der Waals surface area contributed by atoms with E-state index in [1.807, 2.05) is 0 Å². The first-order valence-electron chi connectivity index (χ1n) is 7.64. The molecule has 1 aromatic rings. The number of hydrogen-bond donors (Lipinski definition) is 1. The molecule has 2 amide bonds. The van der Waals surface area contributed by atoms with Gasteiger partial charge in [0.2, 0.25) is 5.91 Å². The Hall–Kier alpha value is -1.46. The summed E-state index contributed by atoms with van der Waals surface area (Å²) in [5.74, 6) is 0.452. The Balaban J connectivity index is 1.57. The minimum atomic E-state index is -0.405. The van der Waals surface area contributed by atoms with Crippen LogP contribution in [0.1, 0.15) is 19.3 Å². The second-order valence-electron chi connectivity index (χ2n) is 6.07. The summed E-state index contributed by atoms with van der Waals surface area (Å²) in [6, 6.07) is 4.87. The first-order valence-corrected chi connectivity index (χ1v) is 8.40. The van der Waals surface area contributed by atoms with Crippen molar-refractivity contribution in [3.63, 3.8) is 0 Å². The molecule has 5 nitrogen and oxygen atoms in total. The number of amides is 2. The van der Waals surface area contributed by atoms with E-state index in [2.05, 4.69) is 5.32 Å². The van der Waals surface area contributed by atoms with Crippen LogP contribution in [0.4, 0.5) is 0 Å². The van der Waals surface area contributed by atoms with E-state index < -0.39 is 5.41 Å². The molecular weight excluding hydrogens is 339 g/mol. The molecule has 3 rings (SSSR count). The summed E-state index contributed by atoms with van der Waals surface area (Å²) in [4.78, 5) is 26.2. The second kappa shape index (κ2) is 6.57. The lowest BCUT2D eigenvalue weighted by atomic mass is 9.79. The van der Waals surface area contributed by atoms with Crippen molar-refractivity contribution < 1.29 is 14.3 Å². The van der Waals surface area contributed by atoms with Crippen molar-refractivity contribution in [3.05, 3.63) is 28.2 Å². The number of carbonyl (C=O) groups is 2. The summed E-state index contributed by atoms with van der Waals surface area (Å²) in [5, 5.41) is 3.73. The summed E-state index contributed by atoms with van der Waals surface area (Å²) < 4.78 is 5.48. The first-order chi connectivity index (χ1) is 11.0. The highest BCUT2D eigenvalue weighted by atomic mass is 35.5. The molecular formula is C16H18Cl2N2O3. The fourth-order valence-electron chi connectivity index (χ4n) is 3.21. The van der Waals surface area contributed by atoms with Gasteiger partial charge in [-0.05, 0) is 31.4 Å². The number of carbonyl (C=O) groups excluding carboxylic acids is 2. The molecule has 0 unspecified atom stereocenters. The average molecular weight is 357 g/mol. The number of nitrogens with one attached hydrogen (secondary N) is 1. The lowest BCUT2D eigenvalue weighted by molar-refractivity contribution is -0.135. The van der Waals surface area contributed by atoms with Crippen molar-refractivity contribution in [2.75, 3.05) is 26.2 Å². The molecule has 1 aromatic carbocycles. The lowest BCUT2D eigenvalue weighted by Gasteiger charge is -2.32. The zero-order chi connectivity index (χ0) is 16.4. The topological polar surface area (TPSA) is 58.6 Å². The van der Waals surface area contributed by atoms with Crippen LogP contribution in [0.5, 0.6) is 5.75 Å². The van der Waals surface area contributed by atoms with Crippen LogP contribution in [0, 0.1) is 5.41 Å². The molecule has 23 heavy (non-hydrogen) atoms. The van der Waals surface area contributed by atoms with Gasteiger partial charge in [-0.2, -0.15) is 0 Å². The molecule has 1 N–H and O–H groups in total. The zero-order valence-corrected chi connectivity index (χ0v) is 14.1. The van der Waals surface area contributed by atoms with Gasteiger partial charge in [0.05, 0.1) is 15.5 Å². The Morgan fingerprint density at radius 2 is 2.13 bits per heavy atom. The predicted molar refractivity (Wildman–Crippen MR) is 87.8 cm³/mol. The number of piperidine rings is 1. The number of rotatable bonds is 3. The van der Waals surface area contributed by atoms with Gasteiger partial charge in [-0.15, -0.1) is 0 Å². The van der Waals surface area contributed by atoms with E-state index in [-0.39, 0.29) is 18.4 Å². The molecule has 0 radical (unpaired) electrons. The fourth-order valence-corrected chi connectivity index (χ4v) is 3.50. The molecule has 2 saturated heterocycles. The normalized spacial score (nSPS) is 23.9. The standard InChI is InChI=1S/C16H18Cl2N2O3/c17-12-3-2-11(8-13(12)18)23-9-14(21)20-7-5-16(10-20)4-1-6-19-15(16)22/h2-3,8H,1,4-7,9-10H2,(H,19,22)/t16-/m1/s1. The Morgan fingerprint density at radius 3 is 2.87 bits per heavy atom. The fraction of sp³-hybridized carbons (Fsp3) is 0.500. The van der Waals surface area contributed by atoms with Gasteiger partial charge >= 0.3 is 0 Å². The van der Waals surface area contributed by atoms with E-state index in [4.69, 9.17) is 27.9 Å². The van der Waals surface area contributed by atoms with Crippen molar-refractivity contribution >= 4 is 35.0 Å². The highest BCUT2D eigenvalue weighted by molar-refractivity contribution is 6.42. The van der Waals surface area contributed by atoms with Crippen LogP contribution in [0.3, 0.4) is 0 Å². The van der Waals surface area contributed by atoms with Gasteiger partial charge in [0.15, 0.2) is 6.61 Å². The van der Waals surface area contributed by atoms with Gasteiger partial charge in [0.1, 0.15) is 5.75 Å². The van der Waals surface area contributed by atoms with Gasteiger partial charge in [-0.1, -0.05) is 23.2 Å². The van der Waals surface area contributed by atoms with Gasteiger partial charge in [-0.25, -0.2) is 0 Å². The molecule has 2 aliphatic rings. The van der Waals surface area contributed by atoms with Crippen LogP contribution >= 0.6 is 23.2 Å². The molecule has 0 bridgehead atoms. The van der Waals surface area contributed by atoms with Crippen LogP contribution in [-0.2, 0) is 9.59 Å². The Kier molecular flexibility index (Phi) is 4.69. The molecule has 0 aliphatic carbocycles. The number of nitrogens with zero attached hydrogens (tertiary/aromatic N) is 1. The van der Waals surface area contributed by atoms with Crippen LogP contribution < -0.4 is 10.1 Å². The largest absolute Gasteiger partial charge is 0.484 e. The third kappa shape index (κ3) is 3.40. The van der Waals surface area contributed by atoms with Crippen LogP contribution in [0.15, 0.2) is 18.2 Å². The van der Waals surface area contributed by atoms with Crippen molar-refractivity contribution in [2.45, 2.75) is 19.3 Å². The van der Waals surface area contributed by atoms with Crippen molar-refractivity contribution in [1.82, 2.24) is 10.2 Å². The van der Waals surface area contributed by atoms with E-state index in [9.17, 15) is 9.59 Å². The Labute approximate surface area is 144 Å². The molecule has 124 valence electrons. The van der Waals surface area contributed by atoms with E-state index >= 15 is 0 Å². The number of hydrogen-bond acceptors (Lipinski definition) is 3. The summed E-state index contributed by atoms with van der Waals surface area (Å²) in [7, 11) is 0. The van der Waals surface area contributed by atoms with Crippen molar-refractivity contribution in [2.24, 2.45) is 5.41 Å². The Morgan fingerprint density at radius 1 is 1.30 bits per heavy atom. The molecule has 2 fully saturated rings. The van der Waals surface area contributed by atoms with E-state index in [0.29, 0.717) is 28.9 Å². The van der Waals surface area contributed by atoms with Gasteiger partial charge in [0, 0.05) is 25.7 Å². The third-order valence-electron chi connectivity index (χ3n) is 4.56. The van der Waals surface area contributed by atoms with E-state index in [1.165, 1.54) is 0 Å². The molecule has 2 aliphatic heterocycles.